The Morgan fingerprint density at radius 3 is 2.24 bits per heavy atom. The third kappa shape index (κ3) is 1.88. The molecule has 2 fully saturated rings. The van der Waals surface area contributed by atoms with Crippen LogP contribution in [0.5, 0.6) is 0 Å². The van der Waals surface area contributed by atoms with Gasteiger partial charge in [-0.25, -0.2) is 8.42 Å². The minimum atomic E-state index is -3.28. The number of sulfonamides is 1. The topological polar surface area (TPSA) is 49.4 Å². The molecule has 4 nitrogen and oxygen atoms in total. The highest BCUT2D eigenvalue weighted by Crippen LogP contribution is 2.30. The van der Waals surface area contributed by atoms with Crippen molar-refractivity contribution in [2.75, 3.05) is 26.2 Å². The summed E-state index contributed by atoms with van der Waals surface area (Å²) in [4.78, 5) is 0.410. The van der Waals surface area contributed by atoms with Crippen molar-refractivity contribution >= 4 is 10.0 Å². The Bertz CT molecular complexity index is 488. The maximum Gasteiger partial charge on any atom is 0.243 e. The van der Waals surface area contributed by atoms with Crippen molar-refractivity contribution in [1.29, 1.82) is 0 Å². The van der Waals surface area contributed by atoms with Gasteiger partial charge in [-0.15, -0.1) is 0 Å². The Hall–Kier alpha value is -0.910. The number of fused-ring (bicyclic) bond motifs is 1. The summed E-state index contributed by atoms with van der Waals surface area (Å²) in [7, 11) is -3.28. The average Bonchev–Trinajstić information content (AvgIpc) is 2.90. The summed E-state index contributed by atoms with van der Waals surface area (Å²) in [5.41, 5.74) is 0. The summed E-state index contributed by atoms with van der Waals surface area (Å²) < 4.78 is 26.4. The lowest BCUT2D eigenvalue weighted by atomic mass is 10.0. The summed E-state index contributed by atoms with van der Waals surface area (Å²) in [6, 6.07) is 8.71. The molecule has 0 bridgehead atoms. The van der Waals surface area contributed by atoms with Gasteiger partial charge in [-0.2, -0.15) is 4.31 Å². The smallest absolute Gasteiger partial charge is 0.243 e. The van der Waals surface area contributed by atoms with Crippen molar-refractivity contribution < 1.29 is 8.42 Å². The van der Waals surface area contributed by atoms with Crippen LogP contribution in [0.2, 0.25) is 0 Å². The number of hydrogen-bond acceptors (Lipinski definition) is 3. The molecule has 17 heavy (non-hydrogen) atoms. The lowest BCUT2D eigenvalue weighted by Crippen LogP contribution is -2.31. The Morgan fingerprint density at radius 1 is 1.06 bits per heavy atom. The van der Waals surface area contributed by atoms with E-state index in [1.165, 1.54) is 0 Å². The van der Waals surface area contributed by atoms with Gasteiger partial charge in [0.25, 0.3) is 0 Å². The predicted octanol–water partition coefficient (Wildman–Crippen LogP) is 0.526. The first-order valence-electron chi connectivity index (χ1n) is 5.94. The van der Waals surface area contributed by atoms with Crippen molar-refractivity contribution in [3.05, 3.63) is 30.3 Å². The maximum absolute atomic E-state index is 12.4. The highest BCUT2D eigenvalue weighted by Gasteiger charge is 2.41. The maximum atomic E-state index is 12.4. The first kappa shape index (κ1) is 11.2. The molecular formula is C12H16N2O2S. The molecule has 1 aromatic rings. The summed E-state index contributed by atoms with van der Waals surface area (Å²) in [5.74, 6) is 0.988. The van der Waals surface area contributed by atoms with E-state index in [9.17, 15) is 8.42 Å². The monoisotopic (exact) mass is 252 g/mol. The zero-order valence-corrected chi connectivity index (χ0v) is 10.4. The number of benzene rings is 1. The van der Waals surface area contributed by atoms with E-state index in [4.69, 9.17) is 0 Å². The Kier molecular flexibility index (Phi) is 2.69. The third-order valence-corrected chi connectivity index (χ3v) is 5.58. The van der Waals surface area contributed by atoms with Crippen molar-refractivity contribution in [2.45, 2.75) is 4.90 Å². The molecule has 2 heterocycles. The quantitative estimate of drug-likeness (QED) is 0.835. The van der Waals surface area contributed by atoms with E-state index < -0.39 is 10.0 Å². The van der Waals surface area contributed by atoms with E-state index in [0.29, 0.717) is 29.8 Å². The number of rotatable bonds is 2. The molecule has 2 aliphatic rings. The Morgan fingerprint density at radius 2 is 1.65 bits per heavy atom. The van der Waals surface area contributed by atoms with Gasteiger partial charge in [0.1, 0.15) is 0 Å². The summed E-state index contributed by atoms with van der Waals surface area (Å²) >= 11 is 0. The van der Waals surface area contributed by atoms with E-state index in [1.807, 2.05) is 6.07 Å². The molecule has 1 N–H and O–H groups in total. The van der Waals surface area contributed by atoms with Crippen molar-refractivity contribution in [2.24, 2.45) is 11.8 Å². The van der Waals surface area contributed by atoms with Crippen molar-refractivity contribution in [1.82, 2.24) is 9.62 Å². The molecule has 0 aliphatic carbocycles. The summed E-state index contributed by atoms with van der Waals surface area (Å²) in [6.07, 6.45) is 0. The zero-order chi connectivity index (χ0) is 11.9. The fraction of sp³-hybridized carbons (Fsp3) is 0.500. The molecule has 2 aliphatic heterocycles. The van der Waals surface area contributed by atoms with Gasteiger partial charge in [0, 0.05) is 13.1 Å². The van der Waals surface area contributed by atoms with Crippen molar-refractivity contribution in [3.63, 3.8) is 0 Å². The Labute approximate surface area is 102 Å². The van der Waals surface area contributed by atoms with Gasteiger partial charge in [0.15, 0.2) is 0 Å². The van der Waals surface area contributed by atoms with Gasteiger partial charge < -0.3 is 5.32 Å². The van der Waals surface area contributed by atoms with Crippen LogP contribution in [0.4, 0.5) is 0 Å². The van der Waals surface area contributed by atoms with Crippen LogP contribution in [0.15, 0.2) is 35.2 Å². The molecule has 0 saturated carbocycles. The second-order valence-corrected chi connectivity index (χ2v) is 6.75. The van der Waals surface area contributed by atoms with E-state index in [0.717, 1.165) is 13.1 Å². The van der Waals surface area contributed by atoms with Crippen LogP contribution in [-0.2, 0) is 10.0 Å². The van der Waals surface area contributed by atoms with E-state index in [1.54, 1.807) is 28.6 Å². The standard InChI is InChI=1S/C12H16N2O2S/c15-17(16,12-4-2-1-3-5-12)14-8-10-6-13-7-11(10)9-14/h1-5,10-11,13H,6-9H2/t10-,11+. The molecule has 2 saturated heterocycles. The van der Waals surface area contributed by atoms with Gasteiger partial charge in [-0.3, -0.25) is 0 Å². The zero-order valence-electron chi connectivity index (χ0n) is 9.54. The molecule has 0 spiro atoms. The van der Waals surface area contributed by atoms with Gasteiger partial charge >= 0.3 is 0 Å². The highest BCUT2D eigenvalue weighted by molar-refractivity contribution is 7.89. The first-order valence-corrected chi connectivity index (χ1v) is 7.38. The van der Waals surface area contributed by atoms with E-state index in [2.05, 4.69) is 5.32 Å². The van der Waals surface area contributed by atoms with E-state index >= 15 is 0 Å². The second-order valence-electron chi connectivity index (χ2n) is 4.81. The average molecular weight is 252 g/mol. The Balaban J connectivity index is 1.86. The molecule has 1 aromatic carbocycles. The molecule has 92 valence electrons. The summed E-state index contributed by atoms with van der Waals surface area (Å²) in [6.45, 7) is 3.22. The fourth-order valence-corrected chi connectivity index (χ4v) is 4.32. The van der Waals surface area contributed by atoms with Crippen LogP contribution < -0.4 is 5.32 Å². The minimum Gasteiger partial charge on any atom is -0.316 e. The lowest BCUT2D eigenvalue weighted by Gasteiger charge is -2.17. The number of nitrogens with one attached hydrogen (secondary N) is 1. The third-order valence-electron chi connectivity index (χ3n) is 3.74. The molecule has 0 aromatic heterocycles. The molecule has 2 atom stereocenters. The van der Waals surface area contributed by atoms with Crippen LogP contribution >= 0.6 is 0 Å². The van der Waals surface area contributed by atoms with Gasteiger partial charge in [-0.05, 0) is 37.1 Å². The van der Waals surface area contributed by atoms with Gasteiger partial charge in [0.2, 0.25) is 10.0 Å². The number of nitrogens with zero attached hydrogens (tertiary/aromatic N) is 1. The van der Waals surface area contributed by atoms with Crippen LogP contribution in [0.25, 0.3) is 0 Å². The van der Waals surface area contributed by atoms with Crippen molar-refractivity contribution in [3.8, 4) is 0 Å². The fourth-order valence-electron chi connectivity index (χ4n) is 2.75. The molecule has 0 radical (unpaired) electrons. The second kappa shape index (κ2) is 4.08. The van der Waals surface area contributed by atoms with Crippen LogP contribution in [0, 0.1) is 11.8 Å². The van der Waals surface area contributed by atoms with Gasteiger partial charge in [-0.1, -0.05) is 18.2 Å². The predicted molar refractivity (Wildman–Crippen MR) is 65.1 cm³/mol. The number of hydrogen-bond donors (Lipinski definition) is 1. The largest absolute Gasteiger partial charge is 0.316 e. The van der Waals surface area contributed by atoms with Crippen LogP contribution in [0.1, 0.15) is 0 Å². The molecule has 0 amide bonds. The lowest BCUT2D eigenvalue weighted by molar-refractivity contribution is 0.448. The SMILES string of the molecule is O=S(=O)(c1ccccc1)N1C[C@H]2CNC[C@H]2C1. The molecular weight excluding hydrogens is 236 g/mol. The first-order chi connectivity index (χ1) is 8.18. The van der Waals surface area contributed by atoms with Crippen LogP contribution in [-0.4, -0.2) is 38.9 Å². The highest BCUT2D eigenvalue weighted by atomic mass is 32.2. The summed E-state index contributed by atoms with van der Waals surface area (Å²) in [5, 5.41) is 3.31. The van der Waals surface area contributed by atoms with Crippen LogP contribution in [0.3, 0.4) is 0 Å². The molecule has 5 heteroatoms. The minimum absolute atomic E-state index is 0.410. The molecule has 0 unspecified atom stereocenters. The normalized spacial score (nSPS) is 29.4. The van der Waals surface area contributed by atoms with Gasteiger partial charge in [0.05, 0.1) is 4.90 Å². The molecule has 3 rings (SSSR count). The van der Waals surface area contributed by atoms with E-state index in [-0.39, 0.29) is 0 Å².